The molecule has 346 valence electrons. The van der Waals surface area contributed by atoms with Crippen molar-refractivity contribution in [2.24, 2.45) is 5.73 Å². The highest BCUT2D eigenvalue weighted by Gasteiger charge is 2.26. The van der Waals surface area contributed by atoms with Crippen molar-refractivity contribution in [1.82, 2.24) is 0 Å². The molecule has 0 aromatic heterocycles. The third-order valence-corrected chi connectivity index (χ3v) is 10.1. The Morgan fingerprint density at radius 2 is 0.852 bits per heavy atom. The largest absolute Gasteiger partial charge is 0.472 e. The van der Waals surface area contributed by atoms with E-state index in [0.29, 0.717) is 12.8 Å². The van der Waals surface area contributed by atoms with Crippen LogP contribution in [-0.2, 0) is 32.7 Å². The van der Waals surface area contributed by atoms with Crippen LogP contribution < -0.4 is 5.73 Å². The fourth-order valence-electron chi connectivity index (χ4n) is 5.77. The van der Waals surface area contributed by atoms with Crippen molar-refractivity contribution in [2.75, 3.05) is 26.4 Å². The lowest BCUT2D eigenvalue weighted by atomic mass is 10.1. The maximum atomic E-state index is 12.6. The first-order valence-corrected chi connectivity index (χ1v) is 24.9. The molecule has 0 saturated carbocycles. The van der Waals surface area contributed by atoms with E-state index in [1.165, 1.54) is 19.3 Å². The Bertz CT molecular complexity index is 1360. The van der Waals surface area contributed by atoms with Crippen molar-refractivity contribution < 1.29 is 37.6 Å². The first-order valence-electron chi connectivity index (χ1n) is 23.4. The molecule has 9 nitrogen and oxygen atoms in total. The molecule has 0 saturated heterocycles. The third kappa shape index (κ3) is 46.0. The van der Waals surface area contributed by atoms with Crippen LogP contribution in [0.4, 0.5) is 0 Å². The van der Waals surface area contributed by atoms with E-state index < -0.39 is 32.5 Å². The third-order valence-electron chi connectivity index (χ3n) is 9.15. The van der Waals surface area contributed by atoms with Gasteiger partial charge in [-0.2, -0.15) is 0 Å². The zero-order chi connectivity index (χ0) is 44.6. The topological polar surface area (TPSA) is 134 Å². The van der Waals surface area contributed by atoms with E-state index >= 15 is 0 Å². The van der Waals surface area contributed by atoms with Crippen molar-refractivity contribution >= 4 is 19.8 Å². The van der Waals surface area contributed by atoms with Crippen LogP contribution in [0.5, 0.6) is 0 Å². The van der Waals surface area contributed by atoms with Gasteiger partial charge in [-0.1, -0.05) is 168 Å². The summed E-state index contributed by atoms with van der Waals surface area (Å²) in [6.07, 6.45) is 61.2. The van der Waals surface area contributed by atoms with Gasteiger partial charge in [0.2, 0.25) is 0 Å². The number of phosphoric acid groups is 1. The van der Waals surface area contributed by atoms with Crippen LogP contribution in [0.2, 0.25) is 0 Å². The molecular weight excluding hydrogens is 786 g/mol. The molecule has 0 fully saturated rings. The number of esters is 2. The van der Waals surface area contributed by atoms with Gasteiger partial charge >= 0.3 is 19.8 Å². The maximum Gasteiger partial charge on any atom is 0.472 e. The van der Waals surface area contributed by atoms with Crippen LogP contribution >= 0.6 is 7.82 Å². The van der Waals surface area contributed by atoms with E-state index in [1.807, 2.05) is 0 Å². The smallest absolute Gasteiger partial charge is 0.462 e. The zero-order valence-corrected chi connectivity index (χ0v) is 39.0. The SMILES string of the molecule is CC/C=C\C/C=C\C/C=C\C/C=C\C/C=C\CCCCCCCCCC(=O)OC(COC(=O)CCCCCC/C=C\C/C=C\C/C=C\C/C=C\CC)COP(=O)(O)OCCN. The summed E-state index contributed by atoms with van der Waals surface area (Å²) in [7, 11) is -4.40. The number of hydrogen-bond donors (Lipinski definition) is 2. The lowest BCUT2D eigenvalue weighted by molar-refractivity contribution is -0.161. The molecule has 2 atom stereocenters. The van der Waals surface area contributed by atoms with Crippen LogP contribution in [0.1, 0.15) is 168 Å². The number of carbonyl (C=O) groups is 2. The molecule has 10 heteroatoms. The molecule has 0 heterocycles. The van der Waals surface area contributed by atoms with Gasteiger partial charge < -0.3 is 20.1 Å². The summed E-state index contributed by atoms with van der Waals surface area (Å²) < 4.78 is 32.8. The average molecular weight is 870 g/mol. The molecule has 2 unspecified atom stereocenters. The highest BCUT2D eigenvalue weighted by atomic mass is 31.2. The summed E-state index contributed by atoms with van der Waals surface area (Å²) in [6, 6.07) is 0. The fourth-order valence-corrected chi connectivity index (χ4v) is 6.53. The number of nitrogens with two attached hydrogens (primary N) is 1. The highest BCUT2D eigenvalue weighted by Crippen LogP contribution is 2.43. The standard InChI is InChI=1S/C51H84NO8P/c1-3-5-7-9-11-13-15-17-19-21-22-23-24-25-26-28-30-32-34-36-38-40-42-44-51(54)60-49(48-59-61(55,56)58-46-45-52)47-57-50(53)43-41-39-37-35-33-31-29-27-20-18-16-14-12-10-8-6-4-2/h5-8,11-14,17-20,22-23,25-26,29,31,49H,3-4,9-10,15-16,21,24,27-28,30,32-48,52H2,1-2H3,(H,55,56)/b7-5-,8-6-,13-11-,14-12-,19-17-,20-18-,23-22-,26-25-,31-29-. The summed E-state index contributed by atoms with van der Waals surface area (Å²) in [6.45, 7) is 3.44. The van der Waals surface area contributed by atoms with Crippen LogP contribution in [0.25, 0.3) is 0 Å². The van der Waals surface area contributed by atoms with Crippen molar-refractivity contribution in [2.45, 2.75) is 174 Å². The Hall–Kier alpha value is -3.33. The van der Waals surface area contributed by atoms with Gasteiger partial charge in [0, 0.05) is 19.4 Å². The van der Waals surface area contributed by atoms with E-state index in [4.69, 9.17) is 24.3 Å². The van der Waals surface area contributed by atoms with Gasteiger partial charge in [-0.3, -0.25) is 18.6 Å². The van der Waals surface area contributed by atoms with Crippen LogP contribution in [0.3, 0.4) is 0 Å². The quantitative estimate of drug-likeness (QED) is 0.0266. The Balaban J connectivity index is 4.19. The molecule has 61 heavy (non-hydrogen) atoms. The summed E-state index contributed by atoms with van der Waals surface area (Å²) >= 11 is 0. The molecule has 0 bridgehead atoms. The highest BCUT2D eigenvalue weighted by molar-refractivity contribution is 7.47. The normalized spacial score (nSPS) is 14.2. The number of allylic oxidation sites excluding steroid dienone is 18. The molecular formula is C51H84NO8P. The lowest BCUT2D eigenvalue weighted by Crippen LogP contribution is -2.29. The average Bonchev–Trinajstić information content (AvgIpc) is 3.25. The number of ether oxygens (including phenoxy) is 2. The van der Waals surface area contributed by atoms with Crippen LogP contribution in [0, 0.1) is 0 Å². The number of carbonyl (C=O) groups excluding carboxylic acids is 2. The predicted octanol–water partition coefficient (Wildman–Crippen LogP) is 13.9. The summed E-state index contributed by atoms with van der Waals surface area (Å²) in [5.74, 6) is -0.880. The van der Waals surface area contributed by atoms with Crippen LogP contribution in [0.15, 0.2) is 109 Å². The first kappa shape index (κ1) is 57.7. The number of rotatable bonds is 42. The minimum absolute atomic E-state index is 0.0411. The Morgan fingerprint density at radius 1 is 0.492 bits per heavy atom. The van der Waals surface area contributed by atoms with Crippen LogP contribution in [-0.4, -0.2) is 49.3 Å². The fraction of sp³-hybridized carbons (Fsp3) is 0.608. The molecule has 3 N–H and O–H groups in total. The van der Waals surface area contributed by atoms with Gasteiger partial charge in [0.1, 0.15) is 6.61 Å². The van der Waals surface area contributed by atoms with Gasteiger partial charge in [0.05, 0.1) is 13.2 Å². The zero-order valence-electron chi connectivity index (χ0n) is 38.1. The van der Waals surface area contributed by atoms with Crippen molar-refractivity contribution in [1.29, 1.82) is 0 Å². The Kier molecular flexibility index (Phi) is 43.7. The van der Waals surface area contributed by atoms with Gasteiger partial charge in [0.15, 0.2) is 6.10 Å². The molecule has 0 aliphatic carbocycles. The van der Waals surface area contributed by atoms with E-state index in [2.05, 4.69) is 123 Å². The monoisotopic (exact) mass is 870 g/mol. The van der Waals surface area contributed by atoms with Gasteiger partial charge in [0.25, 0.3) is 0 Å². The summed E-state index contributed by atoms with van der Waals surface area (Å²) in [5.41, 5.74) is 5.35. The molecule has 0 amide bonds. The van der Waals surface area contributed by atoms with Gasteiger partial charge in [-0.05, 0) is 96.3 Å². The van der Waals surface area contributed by atoms with E-state index in [-0.39, 0.29) is 32.6 Å². The van der Waals surface area contributed by atoms with E-state index in [1.54, 1.807) is 0 Å². The second kappa shape index (κ2) is 46.2. The molecule has 0 radical (unpaired) electrons. The second-order valence-electron chi connectivity index (χ2n) is 14.9. The minimum atomic E-state index is -4.40. The van der Waals surface area contributed by atoms with Crippen molar-refractivity contribution in [3.05, 3.63) is 109 Å². The number of phosphoric ester groups is 1. The van der Waals surface area contributed by atoms with E-state index in [9.17, 15) is 19.0 Å². The number of unbranched alkanes of at least 4 members (excludes halogenated alkanes) is 11. The van der Waals surface area contributed by atoms with Crippen molar-refractivity contribution in [3.8, 4) is 0 Å². The maximum absolute atomic E-state index is 12.6. The second-order valence-corrected chi connectivity index (χ2v) is 16.3. The van der Waals surface area contributed by atoms with Gasteiger partial charge in [-0.15, -0.1) is 0 Å². The molecule has 0 aromatic rings. The summed E-state index contributed by atoms with van der Waals surface area (Å²) in [5, 5.41) is 0. The van der Waals surface area contributed by atoms with E-state index in [0.717, 1.165) is 109 Å². The Morgan fingerprint density at radius 3 is 1.26 bits per heavy atom. The minimum Gasteiger partial charge on any atom is -0.462 e. The lowest BCUT2D eigenvalue weighted by Gasteiger charge is -2.19. The molecule has 0 aromatic carbocycles. The summed E-state index contributed by atoms with van der Waals surface area (Å²) in [4.78, 5) is 35.0. The van der Waals surface area contributed by atoms with Crippen molar-refractivity contribution in [3.63, 3.8) is 0 Å². The molecule has 0 aliphatic rings. The molecule has 0 aliphatic heterocycles. The Labute approximate surface area is 371 Å². The molecule has 0 rings (SSSR count). The predicted molar refractivity (Wildman–Crippen MR) is 256 cm³/mol. The molecule has 0 spiro atoms. The number of hydrogen-bond acceptors (Lipinski definition) is 8. The first-order chi connectivity index (χ1) is 29.8. The van der Waals surface area contributed by atoms with Gasteiger partial charge in [-0.25, -0.2) is 4.57 Å².